The van der Waals surface area contributed by atoms with Crippen LogP contribution in [0.2, 0.25) is 0 Å². The summed E-state index contributed by atoms with van der Waals surface area (Å²) in [7, 11) is 1.93. The Balaban J connectivity index is 2.34. The average molecular weight is 207 g/mol. The van der Waals surface area contributed by atoms with Crippen molar-refractivity contribution in [1.82, 2.24) is 9.88 Å². The summed E-state index contributed by atoms with van der Waals surface area (Å²) in [6.45, 7) is 1.25. The van der Waals surface area contributed by atoms with Gasteiger partial charge in [-0.3, -0.25) is 9.88 Å². The minimum atomic E-state index is -0.422. The quantitative estimate of drug-likeness (QED) is 0.717. The molecular weight excluding hydrogens is 194 g/mol. The number of benzene rings is 1. The number of fused-ring (bicyclic) bond motifs is 1. The number of nitrogens with one attached hydrogen (secondary N) is 1. The predicted molar refractivity (Wildman–Crippen MR) is 57.4 cm³/mol. The first kappa shape index (κ1) is 9.95. The second-order valence-corrected chi connectivity index (χ2v) is 3.54. The molecule has 0 bridgehead atoms. The summed E-state index contributed by atoms with van der Waals surface area (Å²) in [5.41, 5.74) is 7.88. The molecule has 0 radical (unpaired) electrons. The molecule has 5 nitrogen and oxygen atoms in total. The molecular formula is C10H13N3O2. The van der Waals surface area contributed by atoms with Gasteiger partial charge in [-0.05, 0) is 24.7 Å². The van der Waals surface area contributed by atoms with Crippen LogP contribution >= 0.6 is 0 Å². The maximum atomic E-state index is 10.9. The van der Waals surface area contributed by atoms with Crippen LogP contribution in [0.1, 0.15) is 5.56 Å². The lowest BCUT2D eigenvalue weighted by Gasteiger charge is -2.12. The van der Waals surface area contributed by atoms with Crippen molar-refractivity contribution in [1.29, 1.82) is 0 Å². The summed E-state index contributed by atoms with van der Waals surface area (Å²) in [6, 6.07) is 5.60. The lowest BCUT2D eigenvalue weighted by atomic mass is 10.2. The van der Waals surface area contributed by atoms with Crippen LogP contribution in [-0.2, 0) is 6.54 Å². The third-order valence-electron chi connectivity index (χ3n) is 2.25. The van der Waals surface area contributed by atoms with Gasteiger partial charge in [-0.1, -0.05) is 6.07 Å². The summed E-state index contributed by atoms with van der Waals surface area (Å²) < 4.78 is 4.90. The van der Waals surface area contributed by atoms with Crippen LogP contribution in [0.4, 0.5) is 0 Å². The highest BCUT2D eigenvalue weighted by molar-refractivity contribution is 5.72. The van der Waals surface area contributed by atoms with Gasteiger partial charge in [0.2, 0.25) is 0 Å². The van der Waals surface area contributed by atoms with Crippen LogP contribution in [-0.4, -0.2) is 23.6 Å². The number of nitrogens with zero attached hydrogens (tertiary/aromatic N) is 1. The van der Waals surface area contributed by atoms with Gasteiger partial charge in [0.1, 0.15) is 0 Å². The molecule has 1 aromatic carbocycles. The lowest BCUT2D eigenvalue weighted by molar-refractivity contribution is 0.337. The Labute approximate surface area is 86.5 Å². The first-order valence-electron chi connectivity index (χ1n) is 4.69. The van der Waals surface area contributed by atoms with Crippen LogP contribution in [0.5, 0.6) is 0 Å². The fourth-order valence-corrected chi connectivity index (χ4v) is 1.47. The summed E-state index contributed by atoms with van der Waals surface area (Å²) in [4.78, 5) is 15.5. The molecule has 1 heterocycles. The van der Waals surface area contributed by atoms with E-state index in [0.717, 1.165) is 17.6 Å². The van der Waals surface area contributed by atoms with Crippen molar-refractivity contribution in [2.24, 2.45) is 5.73 Å². The molecule has 2 aromatic rings. The maximum absolute atomic E-state index is 10.9. The van der Waals surface area contributed by atoms with Crippen LogP contribution in [0, 0.1) is 0 Å². The van der Waals surface area contributed by atoms with Gasteiger partial charge < -0.3 is 10.2 Å². The molecule has 0 unspecified atom stereocenters. The van der Waals surface area contributed by atoms with E-state index in [-0.39, 0.29) is 0 Å². The number of hydrogen-bond donors (Lipinski definition) is 2. The van der Waals surface area contributed by atoms with E-state index in [1.807, 2.05) is 24.1 Å². The Morgan fingerprint density at radius 3 is 3.07 bits per heavy atom. The van der Waals surface area contributed by atoms with Crippen molar-refractivity contribution in [3.05, 3.63) is 34.3 Å². The van der Waals surface area contributed by atoms with E-state index in [4.69, 9.17) is 10.2 Å². The van der Waals surface area contributed by atoms with Gasteiger partial charge in [0.25, 0.3) is 0 Å². The zero-order valence-corrected chi connectivity index (χ0v) is 8.49. The third-order valence-corrected chi connectivity index (χ3v) is 2.25. The molecule has 1 aromatic heterocycles. The molecule has 3 N–H and O–H groups in total. The van der Waals surface area contributed by atoms with Crippen molar-refractivity contribution in [3.8, 4) is 0 Å². The standard InChI is InChI=1S/C10H13N3O2/c1-13(6-11)5-7-2-3-9-8(4-7)12-10(14)15-9/h2-4H,5-6,11H2,1H3,(H,12,14). The highest BCUT2D eigenvalue weighted by atomic mass is 16.4. The molecule has 0 saturated carbocycles. The van der Waals surface area contributed by atoms with Crippen LogP contribution in [0.3, 0.4) is 0 Å². The molecule has 0 aliphatic carbocycles. The Kier molecular flexibility index (Phi) is 2.57. The van der Waals surface area contributed by atoms with Crippen LogP contribution in [0.25, 0.3) is 11.1 Å². The molecule has 15 heavy (non-hydrogen) atoms. The number of rotatable bonds is 3. The van der Waals surface area contributed by atoms with Crippen molar-refractivity contribution >= 4 is 11.1 Å². The van der Waals surface area contributed by atoms with Gasteiger partial charge >= 0.3 is 5.76 Å². The van der Waals surface area contributed by atoms with Gasteiger partial charge in [0.15, 0.2) is 5.58 Å². The lowest BCUT2D eigenvalue weighted by Crippen LogP contribution is -2.24. The molecule has 0 spiro atoms. The fraction of sp³-hybridized carbons (Fsp3) is 0.300. The largest absolute Gasteiger partial charge is 0.417 e. The molecule has 5 heteroatoms. The molecule has 0 aliphatic rings. The first-order valence-corrected chi connectivity index (χ1v) is 4.69. The number of H-pyrrole nitrogens is 1. The monoisotopic (exact) mass is 207 g/mol. The zero-order valence-electron chi connectivity index (χ0n) is 8.49. The van der Waals surface area contributed by atoms with Crippen LogP contribution < -0.4 is 11.5 Å². The number of aromatic amines is 1. The second kappa shape index (κ2) is 3.88. The van der Waals surface area contributed by atoms with E-state index < -0.39 is 5.76 Å². The first-order chi connectivity index (χ1) is 7.19. The summed E-state index contributed by atoms with van der Waals surface area (Å²) >= 11 is 0. The smallest absolute Gasteiger partial charge is 0.408 e. The molecule has 2 rings (SSSR count). The summed E-state index contributed by atoms with van der Waals surface area (Å²) in [6.07, 6.45) is 0. The van der Waals surface area contributed by atoms with Gasteiger partial charge in [-0.25, -0.2) is 4.79 Å². The zero-order chi connectivity index (χ0) is 10.8. The second-order valence-electron chi connectivity index (χ2n) is 3.54. The Hall–Kier alpha value is -1.59. The highest BCUT2D eigenvalue weighted by Crippen LogP contribution is 2.13. The minimum absolute atomic E-state index is 0.422. The normalized spacial score (nSPS) is 11.4. The topological polar surface area (TPSA) is 75.3 Å². The van der Waals surface area contributed by atoms with Crippen molar-refractivity contribution in [2.75, 3.05) is 13.7 Å². The van der Waals surface area contributed by atoms with E-state index in [1.165, 1.54) is 0 Å². The number of nitrogens with two attached hydrogens (primary N) is 1. The predicted octanol–water partition coefficient (Wildman–Crippen LogP) is 0.469. The van der Waals surface area contributed by atoms with Crippen LogP contribution in [0.15, 0.2) is 27.4 Å². The van der Waals surface area contributed by atoms with E-state index in [1.54, 1.807) is 6.07 Å². The van der Waals surface area contributed by atoms with Gasteiger partial charge in [-0.2, -0.15) is 0 Å². The van der Waals surface area contributed by atoms with E-state index >= 15 is 0 Å². The number of oxazole rings is 1. The minimum Gasteiger partial charge on any atom is -0.408 e. The summed E-state index contributed by atoms with van der Waals surface area (Å²) in [5.74, 6) is -0.422. The van der Waals surface area contributed by atoms with Gasteiger partial charge in [-0.15, -0.1) is 0 Å². The molecule has 0 aliphatic heterocycles. The van der Waals surface area contributed by atoms with E-state index in [0.29, 0.717) is 12.3 Å². The van der Waals surface area contributed by atoms with E-state index in [2.05, 4.69) is 4.98 Å². The molecule has 0 atom stereocenters. The highest BCUT2D eigenvalue weighted by Gasteiger charge is 2.03. The number of aromatic nitrogens is 1. The molecule has 0 amide bonds. The SMILES string of the molecule is CN(CN)Cc1ccc2oc(=O)[nH]c2c1. The van der Waals surface area contributed by atoms with Gasteiger partial charge in [0.05, 0.1) is 5.52 Å². The van der Waals surface area contributed by atoms with Crippen molar-refractivity contribution in [3.63, 3.8) is 0 Å². The third kappa shape index (κ3) is 2.08. The number of hydrogen-bond acceptors (Lipinski definition) is 4. The van der Waals surface area contributed by atoms with E-state index in [9.17, 15) is 4.79 Å². The molecule has 0 saturated heterocycles. The molecule has 80 valence electrons. The Bertz CT molecular complexity index is 515. The molecule has 0 fully saturated rings. The van der Waals surface area contributed by atoms with Crippen molar-refractivity contribution in [2.45, 2.75) is 6.54 Å². The van der Waals surface area contributed by atoms with Gasteiger partial charge in [0, 0.05) is 13.2 Å². The van der Waals surface area contributed by atoms with Crippen molar-refractivity contribution < 1.29 is 4.42 Å². The fourth-order valence-electron chi connectivity index (χ4n) is 1.47. The Morgan fingerprint density at radius 2 is 2.33 bits per heavy atom. The summed E-state index contributed by atoms with van der Waals surface area (Å²) in [5, 5.41) is 0. The Morgan fingerprint density at radius 1 is 1.53 bits per heavy atom. The maximum Gasteiger partial charge on any atom is 0.417 e. The average Bonchev–Trinajstić information content (AvgIpc) is 2.57.